The van der Waals surface area contributed by atoms with Crippen molar-refractivity contribution in [3.05, 3.63) is 95.1 Å². The Morgan fingerprint density at radius 2 is 1.48 bits per heavy atom. The number of hydrogen-bond acceptors (Lipinski definition) is 0. The number of allylic oxidation sites excluding steroid dienone is 6. The van der Waals surface area contributed by atoms with Crippen molar-refractivity contribution in [2.75, 3.05) is 0 Å². The molecule has 0 radical (unpaired) electrons. The summed E-state index contributed by atoms with van der Waals surface area (Å²) >= 11 is -0.826. The summed E-state index contributed by atoms with van der Waals surface area (Å²) in [5, 5.41) is 0. The Morgan fingerprint density at radius 3 is 1.96 bits per heavy atom. The predicted molar refractivity (Wildman–Crippen MR) is 106 cm³/mol. The third-order valence-electron chi connectivity index (χ3n) is 4.85. The SMILES string of the molecule is CC1=CC(C(C)=CC2c3ccccc3-c3ccccc32)C=C1.[Cl][Zr][Cl]. The molecule has 0 amide bonds. The summed E-state index contributed by atoms with van der Waals surface area (Å²) in [6, 6.07) is 17.6. The molecule has 2 aliphatic carbocycles. The molecule has 0 N–H and O–H groups in total. The first-order chi connectivity index (χ1) is 12.2. The molecule has 0 bridgehead atoms. The van der Waals surface area contributed by atoms with Crippen LogP contribution in [0.15, 0.2) is 84.0 Å². The quantitative estimate of drug-likeness (QED) is 0.426. The zero-order chi connectivity index (χ0) is 17.8. The van der Waals surface area contributed by atoms with E-state index >= 15 is 0 Å². The molecular formula is C22H20Cl2Zr. The molecule has 2 aliphatic rings. The molecule has 0 fully saturated rings. The fourth-order valence-electron chi connectivity index (χ4n) is 3.68. The molecule has 1 atom stereocenters. The molecule has 2 aromatic rings. The summed E-state index contributed by atoms with van der Waals surface area (Å²) in [5.41, 5.74) is 8.45. The van der Waals surface area contributed by atoms with Gasteiger partial charge in [-0.05, 0) is 36.1 Å². The zero-order valence-electron chi connectivity index (χ0n) is 14.3. The van der Waals surface area contributed by atoms with Gasteiger partial charge in [-0.25, -0.2) is 0 Å². The predicted octanol–water partition coefficient (Wildman–Crippen LogP) is 7.25. The molecule has 126 valence electrons. The molecule has 0 saturated heterocycles. The molecule has 0 aliphatic heterocycles. The van der Waals surface area contributed by atoms with Gasteiger partial charge in [0.1, 0.15) is 0 Å². The van der Waals surface area contributed by atoms with Gasteiger partial charge in [-0.15, -0.1) is 0 Å². The summed E-state index contributed by atoms with van der Waals surface area (Å²) in [7, 11) is 9.87. The van der Waals surface area contributed by atoms with Crippen molar-refractivity contribution >= 4 is 17.0 Å². The summed E-state index contributed by atoms with van der Waals surface area (Å²) in [5.74, 6) is 0.843. The van der Waals surface area contributed by atoms with Crippen LogP contribution in [0.4, 0.5) is 0 Å². The molecule has 0 nitrogen and oxygen atoms in total. The van der Waals surface area contributed by atoms with E-state index in [0.717, 1.165) is 0 Å². The maximum atomic E-state index is 4.93. The minimum absolute atomic E-state index is 0.384. The Bertz CT molecular complexity index is 803. The van der Waals surface area contributed by atoms with Crippen molar-refractivity contribution in [1.82, 2.24) is 0 Å². The van der Waals surface area contributed by atoms with Gasteiger partial charge in [-0.1, -0.05) is 84.0 Å². The van der Waals surface area contributed by atoms with Crippen molar-refractivity contribution < 1.29 is 20.8 Å². The van der Waals surface area contributed by atoms with E-state index in [2.05, 4.69) is 86.7 Å². The fourth-order valence-corrected chi connectivity index (χ4v) is 3.68. The normalized spacial score (nSPS) is 18.2. The molecule has 3 heteroatoms. The van der Waals surface area contributed by atoms with Gasteiger partial charge < -0.3 is 0 Å². The number of halogens is 2. The molecule has 0 aromatic heterocycles. The van der Waals surface area contributed by atoms with Crippen LogP contribution >= 0.6 is 17.0 Å². The van der Waals surface area contributed by atoms with Crippen LogP contribution in [0.5, 0.6) is 0 Å². The van der Waals surface area contributed by atoms with Crippen LogP contribution in [0, 0.1) is 5.92 Å². The Labute approximate surface area is 168 Å². The van der Waals surface area contributed by atoms with Gasteiger partial charge in [-0.3, -0.25) is 0 Å². The van der Waals surface area contributed by atoms with Crippen LogP contribution in [-0.2, 0) is 20.8 Å². The Morgan fingerprint density at radius 1 is 0.960 bits per heavy atom. The van der Waals surface area contributed by atoms with E-state index in [1.807, 2.05) is 0 Å². The number of rotatable bonds is 2. The molecule has 0 spiro atoms. The summed E-state index contributed by atoms with van der Waals surface area (Å²) < 4.78 is 0. The van der Waals surface area contributed by atoms with E-state index in [0.29, 0.717) is 11.8 Å². The molecule has 0 heterocycles. The molecule has 4 rings (SSSR count). The van der Waals surface area contributed by atoms with E-state index in [1.165, 1.54) is 33.4 Å². The fraction of sp³-hybridized carbons (Fsp3) is 0.182. The average Bonchev–Trinajstić information content (AvgIpc) is 3.19. The number of hydrogen-bond donors (Lipinski definition) is 0. The monoisotopic (exact) mass is 444 g/mol. The van der Waals surface area contributed by atoms with Crippen LogP contribution in [0.1, 0.15) is 30.9 Å². The molecule has 1 unspecified atom stereocenters. The van der Waals surface area contributed by atoms with Crippen molar-refractivity contribution in [2.24, 2.45) is 5.92 Å². The first-order valence-corrected chi connectivity index (χ1v) is 14.7. The summed E-state index contributed by atoms with van der Waals surface area (Å²) in [6.07, 6.45) is 9.32. The van der Waals surface area contributed by atoms with Crippen LogP contribution in [-0.4, -0.2) is 0 Å². The van der Waals surface area contributed by atoms with Gasteiger partial charge in [0.15, 0.2) is 0 Å². The van der Waals surface area contributed by atoms with Gasteiger partial charge in [0.25, 0.3) is 0 Å². The third kappa shape index (κ3) is 4.11. The van der Waals surface area contributed by atoms with Gasteiger partial charge >= 0.3 is 37.9 Å². The average molecular weight is 447 g/mol. The number of benzene rings is 2. The van der Waals surface area contributed by atoms with Gasteiger partial charge in [0, 0.05) is 11.8 Å². The molecular weight excluding hydrogens is 426 g/mol. The van der Waals surface area contributed by atoms with Crippen LogP contribution in [0.3, 0.4) is 0 Å². The summed E-state index contributed by atoms with van der Waals surface area (Å²) in [4.78, 5) is 0. The molecule has 0 saturated carbocycles. The first kappa shape index (κ1) is 18.9. The van der Waals surface area contributed by atoms with Gasteiger partial charge in [0.05, 0.1) is 0 Å². The number of fused-ring (bicyclic) bond motifs is 3. The molecule has 2 aromatic carbocycles. The van der Waals surface area contributed by atoms with Crippen LogP contribution < -0.4 is 0 Å². The maximum absolute atomic E-state index is 4.93. The topological polar surface area (TPSA) is 0 Å². The zero-order valence-corrected chi connectivity index (χ0v) is 18.3. The standard InChI is InChI=1S/C22H20.2ClH.Zr/c1-15-11-12-17(13-15)16(2)14-22-20-9-5-3-7-18(20)19-8-4-6-10-21(19)22;;;/h3-14,17,22H,1-2H3;2*1H;/q;;;+2/p-2. The van der Waals surface area contributed by atoms with E-state index < -0.39 is 20.8 Å². The van der Waals surface area contributed by atoms with Crippen molar-refractivity contribution in [3.63, 3.8) is 0 Å². The second kappa shape index (κ2) is 8.67. The third-order valence-corrected chi connectivity index (χ3v) is 4.85. The van der Waals surface area contributed by atoms with E-state index in [1.54, 1.807) is 0 Å². The Kier molecular flexibility index (Phi) is 6.56. The minimum atomic E-state index is -0.826. The van der Waals surface area contributed by atoms with Gasteiger partial charge in [0.2, 0.25) is 0 Å². The Hall–Kier alpha value is -0.877. The van der Waals surface area contributed by atoms with Crippen molar-refractivity contribution in [1.29, 1.82) is 0 Å². The summed E-state index contributed by atoms with van der Waals surface area (Å²) in [6.45, 7) is 4.43. The van der Waals surface area contributed by atoms with E-state index in [9.17, 15) is 0 Å². The molecule has 25 heavy (non-hydrogen) atoms. The second-order valence-electron chi connectivity index (χ2n) is 6.43. The first-order valence-electron chi connectivity index (χ1n) is 8.35. The van der Waals surface area contributed by atoms with Gasteiger partial charge in [-0.2, -0.15) is 0 Å². The van der Waals surface area contributed by atoms with Crippen molar-refractivity contribution in [2.45, 2.75) is 19.8 Å². The van der Waals surface area contributed by atoms with E-state index in [-0.39, 0.29) is 0 Å². The van der Waals surface area contributed by atoms with Crippen LogP contribution in [0.2, 0.25) is 0 Å². The second-order valence-corrected chi connectivity index (χ2v) is 10.2. The van der Waals surface area contributed by atoms with Crippen LogP contribution in [0.25, 0.3) is 11.1 Å². The van der Waals surface area contributed by atoms with Crippen molar-refractivity contribution in [3.8, 4) is 11.1 Å². The van der Waals surface area contributed by atoms with E-state index in [4.69, 9.17) is 17.0 Å². The Balaban J connectivity index is 0.000000569.